The van der Waals surface area contributed by atoms with Crippen LogP contribution in [0.2, 0.25) is 0 Å². The van der Waals surface area contributed by atoms with Crippen molar-refractivity contribution in [2.45, 2.75) is 64.9 Å². The lowest BCUT2D eigenvalue weighted by Gasteiger charge is -2.34. The fraction of sp³-hybridized carbons (Fsp3) is 0.586. The summed E-state index contributed by atoms with van der Waals surface area (Å²) in [6, 6.07) is 9.09. The highest BCUT2D eigenvalue weighted by molar-refractivity contribution is 5.79. The number of anilines is 1. The predicted octanol–water partition coefficient (Wildman–Crippen LogP) is 3.84. The lowest BCUT2D eigenvalue weighted by molar-refractivity contribution is -0.140. The van der Waals surface area contributed by atoms with Gasteiger partial charge in [0.25, 0.3) is 5.78 Å². The maximum Gasteiger partial charge on any atom is 0.253 e. The molecule has 6 rings (SSSR count). The summed E-state index contributed by atoms with van der Waals surface area (Å²) in [6.07, 6.45) is 5.22. The number of nitrogens with zero attached hydrogens (tertiary/aromatic N) is 6. The molecule has 1 amide bonds. The molecule has 3 aromatic rings. The number of morpholine rings is 1. The zero-order valence-electron chi connectivity index (χ0n) is 22.7. The summed E-state index contributed by atoms with van der Waals surface area (Å²) in [6.45, 7) is 10.5. The first-order valence-corrected chi connectivity index (χ1v) is 14.0. The molecule has 9 nitrogen and oxygen atoms in total. The molecular formula is C29H38N6O3. The average molecular weight is 519 g/mol. The predicted molar refractivity (Wildman–Crippen MR) is 145 cm³/mol. The highest BCUT2D eigenvalue weighted by Gasteiger charge is 2.31. The number of benzene rings is 1. The van der Waals surface area contributed by atoms with Gasteiger partial charge in [0.1, 0.15) is 11.9 Å². The van der Waals surface area contributed by atoms with Gasteiger partial charge >= 0.3 is 0 Å². The van der Waals surface area contributed by atoms with E-state index in [0.717, 1.165) is 75.4 Å². The van der Waals surface area contributed by atoms with Crippen LogP contribution in [0.3, 0.4) is 0 Å². The molecule has 0 bridgehead atoms. The Morgan fingerprint density at radius 2 is 1.68 bits per heavy atom. The number of fused-ring (bicyclic) bond motifs is 1. The Balaban J connectivity index is 1.04. The van der Waals surface area contributed by atoms with Crippen LogP contribution in [0, 0.1) is 26.7 Å². The largest absolute Gasteiger partial charge is 0.485 e. The van der Waals surface area contributed by atoms with E-state index in [1.54, 1.807) is 4.52 Å². The molecule has 3 aliphatic rings. The van der Waals surface area contributed by atoms with Gasteiger partial charge in [-0.05, 0) is 70.1 Å². The van der Waals surface area contributed by atoms with E-state index < -0.39 is 0 Å². The van der Waals surface area contributed by atoms with Gasteiger partial charge in [0.2, 0.25) is 5.91 Å². The SMILES string of the molecule is Cc1nc2nc(C)c(O[C@@H]3CCN(c4ccc([C@H]5CC[C@H](C(=O)N6CCOCC6)CC5)cc4)C3)c(C)n2n1. The first kappa shape index (κ1) is 25.1. The van der Waals surface area contributed by atoms with Crippen molar-refractivity contribution in [2.24, 2.45) is 5.92 Å². The van der Waals surface area contributed by atoms with E-state index in [2.05, 4.69) is 44.2 Å². The monoisotopic (exact) mass is 518 g/mol. The Bertz CT molecular complexity index is 1290. The summed E-state index contributed by atoms with van der Waals surface area (Å²) in [5.74, 6) is 3.21. The molecule has 3 fully saturated rings. The van der Waals surface area contributed by atoms with Crippen molar-refractivity contribution in [2.75, 3.05) is 44.3 Å². The van der Waals surface area contributed by atoms with Crippen LogP contribution < -0.4 is 9.64 Å². The third kappa shape index (κ3) is 4.96. The van der Waals surface area contributed by atoms with Crippen molar-refractivity contribution in [3.8, 4) is 5.75 Å². The fourth-order valence-corrected chi connectivity index (χ4v) is 6.33. The molecule has 0 unspecified atom stereocenters. The Morgan fingerprint density at radius 3 is 2.42 bits per heavy atom. The number of aryl methyl sites for hydroxylation is 3. The molecule has 1 saturated carbocycles. The molecule has 2 aromatic heterocycles. The molecule has 0 N–H and O–H groups in total. The van der Waals surface area contributed by atoms with Crippen LogP contribution in [0.15, 0.2) is 24.3 Å². The smallest absolute Gasteiger partial charge is 0.253 e. The highest BCUT2D eigenvalue weighted by Crippen LogP contribution is 2.37. The van der Waals surface area contributed by atoms with Gasteiger partial charge in [-0.2, -0.15) is 9.50 Å². The van der Waals surface area contributed by atoms with Crippen molar-refractivity contribution in [3.05, 3.63) is 47.0 Å². The van der Waals surface area contributed by atoms with E-state index in [1.807, 2.05) is 25.7 Å². The Kier molecular flexibility index (Phi) is 6.95. The van der Waals surface area contributed by atoms with Crippen molar-refractivity contribution < 1.29 is 14.3 Å². The van der Waals surface area contributed by atoms with E-state index in [9.17, 15) is 4.79 Å². The number of carbonyl (C=O) groups is 1. The van der Waals surface area contributed by atoms with Gasteiger partial charge in [0, 0.05) is 37.7 Å². The van der Waals surface area contributed by atoms with E-state index >= 15 is 0 Å². The number of hydrogen-bond acceptors (Lipinski definition) is 7. The minimum atomic E-state index is 0.107. The molecule has 1 aromatic carbocycles. The Labute approximate surface area is 224 Å². The molecule has 0 radical (unpaired) electrons. The average Bonchev–Trinajstić information content (AvgIpc) is 3.57. The quantitative estimate of drug-likeness (QED) is 0.507. The first-order valence-electron chi connectivity index (χ1n) is 14.0. The normalized spacial score (nSPS) is 24.2. The summed E-state index contributed by atoms with van der Waals surface area (Å²) in [4.78, 5) is 26.3. The summed E-state index contributed by atoms with van der Waals surface area (Å²) < 4.78 is 13.6. The van der Waals surface area contributed by atoms with Gasteiger partial charge in [-0.15, -0.1) is 5.10 Å². The molecule has 202 valence electrons. The summed E-state index contributed by atoms with van der Waals surface area (Å²) in [5.41, 5.74) is 4.43. The van der Waals surface area contributed by atoms with Crippen molar-refractivity contribution in [1.29, 1.82) is 0 Å². The van der Waals surface area contributed by atoms with Gasteiger partial charge in [-0.3, -0.25) is 4.79 Å². The minimum absolute atomic E-state index is 0.107. The topological polar surface area (TPSA) is 85.1 Å². The highest BCUT2D eigenvalue weighted by atomic mass is 16.5. The standard InChI is InChI=1S/C29H38N6O3/c1-19-27(20(2)35-29(30-19)31-21(3)32-35)38-26-12-13-34(18-26)25-10-8-23(9-11-25)22-4-6-24(7-5-22)28(36)33-14-16-37-17-15-33/h8-11,22,24,26H,4-7,12-18H2,1-3H3/t22-,24-,26-/m1/s1. The molecule has 38 heavy (non-hydrogen) atoms. The maximum atomic E-state index is 12.9. The van der Waals surface area contributed by atoms with Gasteiger partial charge in [0.15, 0.2) is 5.75 Å². The molecule has 1 aliphatic carbocycles. The fourth-order valence-electron chi connectivity index (χ4n) is 6.33. The van der Waals surface area contributed by atoms with Gasteiger partial charge in [0.05, 0.1) is 31.1 Å². The lowest BCUT2D eigenvalue weighted by Crippen LogP contribution is -2.44. The molecular weight excluding hydrogens is 480 g/mol. The van der Waals surface area contributed by atoms with E-state index in [-0.39, 0.29) is 12.0 Å². The van der Waals surface area contributed by atoms with Gasteiger partial charge in [-0.25, -0.2) is 4.98 Å². The van der Waals surface area contributed by atoms with E-state index in [4.69, 9.17) is 9.47 Å². The first-order chi connectivity index (χ1) is 18.5. The molecule has 0 spiro atoms. The van der Waals surface area contributed by atoms with Crippen LogP contribution in [-0.2, 0) is 9.53 Å². The van der Waals surface area contributed by atoms with Crippen molar-refractivity contribution >= 4 is 17.4 Å². The number of rotatable bonds is 5. The number of carbonyl (C=O) groups excluding carboxylic acids is 1. The second-order valence-electron chi connectivity index (χ2n) is 11.0. The van der Waals surface area contributed by atoms with E-state index in [1.165, 1.54) is 11.3 Å². The van der Waals surface area contributed by atoms with Crippen LogP contribution in [0.5, 0.6) is 5.75 Å². The molecule has 1 atom stereocenters. The summed E-state index contributed by atoms with van der Waals surface area (Å²) >= 11 is 0. The van der Waals surface area contributed by atoms with Crippen molar-refractivity contribution in [3.63, 3.8) is 0 Å². The third-order valence-corrected chi connectivity index (χ3v) is 8.50. The second kappa shape index (κ2) is 10.5. The lowest BCUT2D eigenvalue weighted by atomic mass is 9.78. The van der Waals surface area contributed by atoms with Crippen LogP contribution >= 0.6 is 0 Å². The van der Waals surface area contributed by atoms with E-state index in [0.29, 0.717) is 36.6 Å². The summed E-state index contributed by atoms with van der Waals surface area (Å²) in [5, 5.41) is 4.46. The zero-order chi connectivity index (χ0) is 26.2. The Morgan fingerprint density at radius 1 is 0.947 bits per heavy atom. The number of hydrogen-bond donors (Lipinski definition) is 0. The van der Waals surface area contributed by atoms with Crippen LogP contribution in [0.1, 0.15) is 60.8 Å². The zero-order valence-corrected chi connectivity index (χ0v) is 22.7. The molecule has 2 aliphatic heterocycles. The van der Waals surface area contributed by atoms with Crippen LogP contribution in [-0.4, -0.2) is 75.9 Å². The van der Waals surface area contributed by atoms with Gasteiger partial charge < -0.3 is 19.3 Å². The van der Waals surface area contributed by atoms with Crippen LogP contribution in [0.25, 0.3) is 5.78 Å². The molecule has 9 heteroatoms. The number of ether oxygens (including phenoxy) is 2. The summed E-state index contributed by atoms with van der Waals surface area (Å²) in [7, 11) is 0. The van der Waals surface area contributed by atoms with Crippen molar-refractivity contribution in [1.82, 2.24) is 24.5 Å². The van der Waals surface area contributed by atoms with Gasteiger partial charge in [-0.1, -0.05) is 12.1 Å². The number of amides is 1. The third-order valence-electron chi connectivity index (χ3n) is 8.50. The second-order valence-corrected chi connectivity index (χ2v) is 11.0. The molecule has 4 heterocycles. The molecule has 2 saturated heterocycles. The van der Waals surface area contributed by atoms with Crippen LogP contribution in [0.4, 0.5) is 5.69 Å². The minimum Gasteiger partial charge on any atom is -0.485 e. The Hall–Kier alpha value is -3.20. The maximum absolute atomic E-state index is 12.9. The number of aromatic nitrogens is 4.